The maximum atomic E-state index is 12.9. The summed E-state index contributed by atoms with van der Waals surface area (Å²) in [6.45, 7) is 4.31. The van der Waals surface area contributed by atoms with Gasteiger partial charge in [0.2, 0.25) is 5.91 Å². The van der Waals surface area contributed by atoms with E-state index in [0.29, 0.717) is 32.0 Å². The minimum atomic E-state index is -0.525. The highest BCUT2D eigenvalue weighted by atomic mass is 19.1. The molecular formula is C19H29FN4O2. The quantitative estimate of drug-likeness (QED) is 0.691. The van der Waals surface area contributed by atoms with Crippen molar-refractivity contribution in [3.63, 3.8) is 0 Å². The molecule has 1 unspecified atom stereocenters. The van der Waals surface area contributed by atoms with Crippen molar-refractivity contribution in [3.8, 4) is 0 Å². The fourth-order valence-corrected chi connectivity index (χ4v) is 3.15. The summed E-state index contributed by atoms with van der Waals surface area (Å²) in [5.74, 6) is 0.139. The standard InChI is InChI=1S/C19H29FN4O2/c1-2-3-17(18(25)24-10-8-14(12-21)9-11-24)23-19(26)22-13-15-4-6-16(20)7-5-15/h4-7,14,17H,2-3,8-13,21H2,1H3,(H2,22,23,26). The van der Waals surface area contributed by atoms with Crippen LogP contribution >= 0.6 is 0 Å². The van der Waals surface area contributed by atoms with Crippen LogP contribution in [0.15, 0.2) is 24.3 Å². The van der Waals surface area contributed by atoms with E-state index in [-0.39, 0.29) is 18.3 Å². The lowest BCUT2D eigenvalue weighted by Gasteiger charge is -2.34. The average molecular weight is 364 g/mol. The van der Waals surface area contributed by atoms with Crippen molar-refractivity contribution >= 4 is 11.9 Å². The molecule has 0 radical (unpaired) electrons. The number of piperidine rings is 1. The first-order valence-electron chi connectivity index (χ1n) is 9.31. The molecule has 1 aromatic rings. The van der Waals surface area contributed by atoms with Gasteiger partial charge in [-0.15, -0.1) is 0 Å². The minimum Gasteiger partial charge on any atom is -0.341 e. The van der Waals surface area contributed by atoms with E-state index < -0.39 is 12.1 Å². The van der Waals surface area contributed by atoms with Gasteiger partial charge in [0.1, 0.15) is 11.9 Å². The summed E-state index contributed by atoms with van der Waals surface area (Å²) < 4.78 is 12.9. The molecular weight excluding hydrogens is 335 g/mol. The Bertz CT molecular complexity index is 586. The summed E-state index contributed by atoms with van der Waals surface area (Å²) in [6.07, 6.45) is 3.23. The number of amides is 3. The zero-order chi connectivity index (χ0) is 18.9. The van der Waals surface area contributed by atoms with Gasteiger partial charge in [0.25, 0.3) is 0 Å². The number of urea groups is 1. The Morgan fingerprint density at radius 1 is 1.27 bits per heavy atom. The summed E-state index contributed by atoms with van der Waals surface area (Å²) in [5, 5.41) is 5.50. The third-order valence-electron chi connectivity index (χ3n) is 4.81. The largest absolute Gasteiger partial charge is 0.341 e. The molecule has 0 aliphatic carbocycles. The Balaban J connectivity index is 1.84. The van der Waals surface area contributed by atoms with E-state index in [9.17, 15) is 14.0 Å². The molecule has 1 saturated heterocycles. The fourth-order valence-electron chi connectivity index (χ4n) is 3.15. The van der Waals surface area contributed by atoms with Crippen molar-refractivity contribution in [3.05, 3.63) is 35.6 Å². The Morgan fingerprint density at radius 2 is 1.92 bits per heavy atom. The van der Waals surface area contributed by atoms with Crippen molar-refractivity contribution in [1.82, 2.24) is 15.5 Å². The third-order valence-corrected chi connectivity index (χ3v) is 4.81. The normalized spacial score (nSPS) is 16.2. The number of hydrogen-bond donors (Lipinski definition) is 3. The first-order valence-corrected chi connectivity index (χ1v) is 9.31. The highest BCUT2D eigenvalue weighted by molar-refractivity contribution is 5.87. The van der Waals surface area contributed by atoms with E-state index >= 15 is 0 Å². The summed E-state index contributed by atoms with van der Waals surface area (Å²) in [5.41, 5.74) is 6.49. The number of benzene rings is 1. The molecule has 0 spiro atoms. The van der Waals surface area contributed by atoms with Gasteiger partial charge >= 0.3 is 6.03 Å². The lowest BCUT2D eigenvalue weighted by atomic mass is 9.96. The van der Waals surface area contributed by atoms with Gasteiger partial charge in [0, 0.05) is 19.6 Å². The first-order chi connectivity index (χ1) is 12.5. The SMILES string of the molecule is CCCC(NC(=O)NCc1ccc(F)cc1)C(=O)N1CCC(CN)CC1. The summed E-state index contributed by atoms with van der Waals surface area (Å²) in [4.78, 5) is 26.7. The molecule has 0 saturated carbocycles. The molecule has 1 aromatic carbocycles. The second-order valence-corrected chi connectivity index (χ2v) is 6.80. The number of carbonyl (C=O) groups excluding carboxylic acids is 2. The number of nitrogens with zero attached hydrogens (tertiary/aromatic N) is 1. The Hall–Kier alpha value is -2.15. The molecule has 1 atom stereocenters. The molecule has 1 heterocycles. The number of halogens is 1. The van der Waals surface area contributed by atoms with Crippen LogP contribution < -0.4 is 16.4 Å². The molecule has 0 aromatic heterocycles. The highest BCUT2D eigenvalue weighted by Gasteiger charge is 2.28. The maximum absolute atomic E-state index is 12.9. The van der Waals surface area contributed by atoms with E-state index in [1.807, 2.05) is 11.8 Å². The fraction of sp³-hybridized carbons (Fsp3) is 0.579. The second kappa shape index (κ2) is 10.1. The average Bonchev–Trinajstić information content (AvgIpc) is 2.66. The van der Waals surface area contributed by atoms with Crippen LogP contribution in [0.1, 0.15) is 38.2 Å². The van der Waals surface area contributed by atoms with Crippen molar-refractivity contribution in [2.24, 2.45) is 11.7 Å². The Morgan fingerprint density at radius 3 is 2.50 bits per heavy atom. The molecule has 2 rings (SSSR count). The van der Waals surface area contributed by atoms with Gasteiger partial charge in [-0.1, -0.05) is 25.5 Å². The molecule has 1 aliphatic rings. The minimum absolute atomic E-state index is 0.0285. The smallest absolute Gasteiger partial charge is 0.315 e. The molecule has 6 nitrogen and oxygen atoms in total. The monoisotopic (exact) mass is 364 g/mol. The number of rotatable bonds is 7. The van der Waals surface area contributed by atoms with Crippen LogP contribution in [0, 0.1) is 11.7 Å². The van der Waals surface area contributed by atoms with Crippen LogP contribution in [0.4, 0.5) is 9.18 Å². The highest BCUT2D eigenvalue weighted by Crippen LogP contribution is 2.17. The molecule has 1 aliphatic heterocycles. The maximum Gasteiger partial charge on any atom is 0.315 e. The van der Waals surface area contributed by atoms with Crippen LogP contribution in [0.5, 0.6) is 0 Å². The predicted octanol–water partition coefficient (Wildman–Crippen LogP) is 1.99. The number of nitrogens with one attached hydrogen (secondary N) is 2. The van der Waals surface area contributed by atoms with Gasteiger partial charge in [-0.25, -0.2) is 9.18 Å². The first kappa shape index (κ1) is 20.2. The van der Waals surface area contributed by atoms with Gasteiger partial charge in [0.05, 0.1) is 0 Å². The summed E-state index contributed by atoms with van der Waals surface area (Å²) >= 11 is 0. The van der Waals surface area contributed by atoms with Gasteiger partial charge < -0.3 is 21.3 Å². The molecule has 26 heavy (non-hydrogen) atoms. The molecule has 1 fully saturated rings. The van der Waals surface area contributed by atoms with Gasteiger partial charge in [-0.3, -0.25) is 4.79 Å². The van der Waals surface area contributed by atoms with Crippen LogP contribution in [0.25, 0.3) is 0 Å². The van der Waals surface area contributed by atoms with Crippen molar-refractivity contribution < 1.29 is 14.0 Å². The van der Waals surface area contributed by atoms with Crippen LogP contribution in [0.3, 0.4) is 0 Å². The predicted molar refractivity (Wildman–Crippen MR) is 98.8 cm³/mol. The lowest BCUT2D eigenvalue weighted by Crippen LogP contribution is -2.53. The molecule has 144 valence electrons. The molecule has 4 N–H and O–H groups in total. The van der Waals surface area contributed by atoms with Crippen molar-refractivity contribution in [1.29, 1.82) is 0 Å². The molecule has 3 amide bonds. The van der Waals surface area contributed by atoms with Crippen LogP contribution in [0.2, 0.25) is 0 Å². The summed E-state index contributed by atoms with van der Waals surface area (Å²) in [7, 11) is 0. The number of hydrogen-bond acceptors (Lipinski definition) is 3. The number of nitrogens with two attached hydrogens (primary N) is 1. The number of likely N-dealkylation sites (tertiary alicyclic amines) is 1. The molecule has 7 heteroatoms. The zero-order valence-electron chi connectivity index (χ0n) is 15.3. The Kier molecular flexibility index (Phi) is 7.84. The van der Waals surface area contributed by atoms with E-state index in [4.69, 9.17) is 5.73 Å². The van der Waals surface area contributed by atoms with Gasteiger partial charge in [-0.05, 0) is 49.4 Å². The van der Waals surface area contributed by atoms with Crippen molar-refractivity contribution in [2.75, 3.05) is 19.6 Å². The van der Waals surface area contributed by atoms with E-state index in [0.717, 1.165) is 24.8 Å². The van der Waals surface area contributed by atoms with Gasteiger partial charge in [-0.2, -0.15) is 0 Å². The third kappa shape index (κ3) is 5.98. The summed E-state index contributed by atoms with van der Waals surface area (Å²) in [6, 6.07) is 5.02. The molecule has 0 bridgehead atoms. The van der Waals surface area contributed by atoms with Crippen LogP contribution in [-0.4, -0.2) is 42.5 Å². The van der Waals surface area contributed by atoms with E-state index in [1.165, 1.54) is 12.1 Å². The zero-order valence-corrected chi connectivity index (χ0v) is 15.3. The number of carbonyl (C=O) groups is 2. The van der Waals surface area contributed by atoms with Crippen molar-refractivity contribution in [2.45, 2.75) is 45.2 Å². The lowest BCUT2D eigenvalue weighted by molar-refractivity contribution is -0.134. The van der Waals surface area contributed by atoms with E-state index in [1.54, 1.807) is 12.1 Å². The second-order valence-electron chi connectivity index (χ2n) is 6.80. The van der Waals surface area contributed by atoms with Gasteiger partial charge in [0.15, 0.2) is 0 Å². The Labute approximate surface area is 154 Å². The van der Waals surface area contributed by atoms with E-state index in [2.05, 4.69) is 10.6 Å². The topological polar surface area (TPSA) is 87.5 Å². The van der Waals surface area contributed by atoms with Crippen LogP contribution in [-0.2, 0) is 11.3 Å².